The summed E-state index contributed by atoms with van der Waals surface area (Å²) in [5.41, 5.74) is 2.61. The van der Waals surface area contributed by atoms with Crippen molar-refractivity contribution in [1.82, 2.24) is 20.4 Å². The summed E-state index contributed by atoms with van der Waals surface area (Å²) in [5.74, 6) is 1.44. The lowest BCUT2D eigenvalue weighted by Crippen LogP contribution is -2.50. The maximum atomic E-state index is 11.4. The van der Waals surface area contributed by atoms with Gasteiger partial charge in [-0.3, -0.25) is 14.7 Å². The Balaban J connectivity index is 0.00000392. The van der Waals surface area contributed by atoms with E-state index in [1.54, 1.807) is 6.92 Å². The number of nitrogens with one attached hydrogen (secondary N) is 2. The number of guanidine groups is 1. The van der Waals surface area contributed by atoms with Gasteiger partial charge in [0, 0.05) is 65.2 Å². The second kappa shape index (κ2) is 13.0. The summed E-state index contributed by atoms with van der Waals surface area (Å²) >= 11 is 0. The molecule has 1 amide bonds. The Kier molecular flexibility index (Phi) is 11.4. The predicted molar refractivity (Wildman–Crippen MR) is 128 cm³/mol. The first-order chi connectivity index (χ1) is 13.0. The molecule has 1 fully saturated rings. The van der Waals surface area contributed by atoms with Crippen LogP contribution in [0.3, 0.4) is 0 Å². The number of aliphatic imine (C=N–C) groups is 1. The van der Waals surface area contributed by atoms with Gasteiger partial charge in [-0.15, -0.1) is 24.0 Å². The van der Waals surface area contributed by atoms with E-state index in [4.69, 9.17) is 4.99 Å². The number of halogens is 1. The summed E-state index contributed by atoms with van der Waals surface area (Å²) in [4.78, 5) is 20.5. The third-order valence-corrected chi connectivity index (χ3v) is 5.05. The number of piperazine rings is 1. The van der Waals surface area contributed by atoms with Crippen molar-refractivity contribution < 1.29 is 4.79 Å². The Morgan fingerprint density at radius 1 is 1.14 bits per heavy atom. The topological polar surface area (TPSA) is 60.0 Å². The first-order valence-corrected chi connectivity index (χ1v) is 10.1. The molecule has 2 N–H and O–H groups in total. The molecule has 7 heteroatoms. The zero-order chi connectivity index (χ0) is 19.6. The zero-order valence-electron chi connectivity index (χ0n) is 17.7. The van der Waals surface area contributed by atoms with Crippen LogP contribution in [0.1, 0.15) is 37.8 Å². The van der Waals surface area contributed by atoms with Gasteiger partial charge in [0.15, 0.2) is 5.96 Å². The van der Waals surface area contributed by atoms with Crippen LogP contribution in [-0.2, 0) is 4.79 Å². The molecule has 0 aromatic heterocycles. The van der Waals surface area contributed by atoms with Gasteiger partial charge in [-0.05, 0) is 19.4 Å². The van der Waals surface area contributed by atoms with Crippen molar-refractivity contribution in [3.63, 3.8) is 0 Å². The smallest absolute Gasteiger partial charge is 0.219 e. The van der Waals surface area contributed by atoms with Crippen LogP contribution in [-0.4, -0.2) is 74.0 Å². The fourth-order valence-electron chi connectivity index (χ4n) is 3.19. The number of benzene rings is 1. The van der Waals surface area contributed by atoms with Crippen molar-refractivity contribution in [2.75, 3.05) is 52.4 Å². The Bertz CT molecular complexity index is 612. The van der Waals surface area contributed by atoms with Crippen molar-refractivity contribution in [2.24, 2.45) is 4.99 Å². The molecule has 0 saturated carbocycles. The minimum Gasteiger partial charge on any atom is -0.357 e. The van der Waals surface area contributed by atoms with Crippen LogP contribution < -0.4 is 10.6 Å². The highest BCUT2D eigenvalue weighted by atomic mass is 127. The maximum Gasteiger partial charge on any atom is 0.219 e. The molecule has 1 unspecified atom stereocenters. The summed E-state index contributed by atoms with van der Waals surface area (Å²) in [6.07, 6.45) is 0. The van der Waals surface area contributed by atoms with E-state index in [2.05, 4.69) is 60.6 Å². The lowest BCUT2D eigenvalue weighted by molar-refractivity contribution is -0.130. The molecule has 0 bridgehead atoms. The number of hydrogen-bond acceptors (Lipinski definition) is 3. The van der Waals surface area contributed by atoms with E-state index >= 15 is 0 Å². The van der Waals surface area contributed by atoms with E-state index in [1.807, 2.05) is 4.90 Å². The lowest BCUT2D eigenvalue weighted by Gasteiger charge is -2.34. The van der Waals surface area contributed by atoms with Crippen LogP contribution in [0.25, 0.3) is 0 Å². The molecule has 1 saturated heterocycles. The van der Waals surface area contributed by atoms with Gasteiger partial charge in [-0.1, -0.05) is 36.8 Å². The number of carbonyl (C=O) groups excluding carboxylic acids is 1. The van der Waals surface area contributed by atoms with Gasteiger partial charge in [0.1, 0.15) is 0 Å². The average Bonchev–Trinajstić information content (AvgIpc) is 2.66. The summed E-state index contributed by atoms with van der Waals surface area (Å²) in [6, 6.07) is 8.70. The largest absolute Gasteiger partial charge is 0.357 e. The van der Waals surface area contributed by atoms with Crippen LogP contribution in [0.2, 0.25) is 0 Å². The van der Waals surface area contributed by atoms with Crippen molar-refractivity contribution in [3.8, 4) is 0 Å². The van der Waals surface area contributed by atoms with Gasteiger partial charge in [-0.2, -0.15) is 0 Å². The van der Waals surface area contributed by atoms with E-state index in [0.29, 0.717) is 5.92 Å². The zero-order valence-corrected chi connectivity index (χ0v) is 20.0. The highest BCUT2D eigenvalue weighted by Crippen LogP contribution is 2.15. The summed E-state index contributed by atoms with van der Waals surface area (Å²) in [7, 11) is 0. The van der Waals surface area contributed by atoms with Gasteiger partial charge >= 0.3 is 0 Å². The highest BCUT2D eigenvalue weighted by Gasteiger charge is 2.17. The van der Waals surface area contributed by atoms with Crippen molar-refractivity contribution in [2.45, 2.75) is 33.6 Å². The molecule has 1 aromatic carbocycles. The van der Waals surface area contributed by atoms with E-state index in [1.165, 1.54) is 11.1 Å². The first-order valence-electron chi connectivity index (χ1n) is 10.1. The standard InChI is InChI=1S/C21H35N5O.HI/c1-5-22-21(24-16-18(3)20-8-6-17(2)7-9-20)23-10-11-25-12-14-26(15-13-25)19(4)27;/h6-9,18H,5,10-16H2,1-4H3,(H2,22,23,24);1H. The number of carbonyl (C=O) groups is 1. The number of hydrogen-bond donors (Lipinski definition) is 2. The van der Waals surface area contributed by atoms with Crippen LogP contribution in [0.15, 0.2) is 29.3 Å². The molecule has 1 aliphatic rings. The Labute approximate surface area is 187 Å². The Morgan fingerprint density at radius 3 is 2.36 bits per heavy atom. The minimum atomic E-state index is 0. The number of aryl methyl sites for hydroxylation is 1. The van der Waals surface area contributed by atoms with Gasteiger partial charge in [-0.25, -0.2) is 0 Å². The van der Waals surface area contributed by atoms with Crippen molar-refractivity contribution in [3.05, 3.63) is 35.4 Å². The fourth-order valence-corrected chi connectivity index (χ4v) is 3.19. The Morgan fingerprint density at radius 2 is 1.79 bits per heavy atom. The third kappa shape index (κ3) is 8.34. The van der Waals surface area contributed by atoms with Gasteiger partial charge in [0.2, 0.25) is 5.91 Å². The number of amides is 1. The van der Waals surface area contributed by atoms with Gasteiger partial charge < -0.3 is 15.5 Å². The molecule has 0 spiro atoms. The summed E-state index contributed by atoms with van der Waals surface area (Å²) < 4.78 is 0. The van der Waals surface area contributed by atoms with E-state index in [-0.39, 0.29) is 29.9 Å². The molecular weight excluding hydrogens is 465 g/mol. The number of rotatable bonds is 7. The molecule has 1 atom stereocenters. The van der Waals surface area contributed by atoms with Crippen LogP contribution >= 0.6 is 24.0 Å². The lowest BCUT2D eigenvalue weighted by atomic mass is 10.0. The second-order valence-electron chi connectivity index (χ2n) is 7.31. The number of nitrogens with zero attached hydrogens (tertiary/aromatic N) is 3. The second-order valence-corrected chi connectivity index (χ2v) is 7.31. The molecule has 158 valence electrons. The first kappa shape index (κ1) is 24.7. The summed E-state index contributed by atoms with van der Waals surface area (Å²) in [5, 5.41) is 6.76. The van der Waals surface area contributed by atoms with E-state index in [9.17, 15) is 4.79 Å². The van der Waals surface area contributed by atoms with Crippen molar-refractivity contribution >= 4 is 35.8 Å². The average molecular weight is 501 g/mol. The van der Waals surface area contributed by atoms with Crippen molar-refractivity contribution in [1.29, 1.82) is 0 Å². The molecule has 0 aliphatic carbocycles. The SMILES string of the molecule is CCNC(=NCC(C)c1ccc(C)cc1)NCCN1CCN(C(C)=O)CC1.I. The molecule has 6 nitrogen and oxygen atoms in total. The fraction of sp³-hybridized carbons (Fsp3) is 0.619. The molecule has 1 aliphatic heterocycles. The quantitative estimate of drug-likeness (QED) is 0.343. The van der Waals surface area contributed by atoms with Gasteiger partial charge in [0.05, 0.1) is 0 Å². The van der Waals surface area contributed by atoms with Gasteiger partial charge in [0.25, 0.3) is 0 Å². The van der Waals surface area contributed by atoms with Crippen LogP contribution in [0, 0.1) is 6.92 Å². The molecule has 0 radical (unpaired) electrons. The molecule has 1 aromatic rings. The molecular formula is C21H36IN5O. The van der Waals surface area contributed by atoms with Crippen LogP contribution in [0.4, 0.5) is 0 Å². The third-order valence-electron chi connectivity index (χ3n) is 5.05. The molecule has 1 heterocycles. The van der Waals surface area contributed by atoms with E-state index in [0.717, 1.165) is 58.3 Å². The summed E-state index contributed by atoms with van der Waals surface area (Å²) in [6.45, 7) is 15.0. The normalized spacial score (nSPS) is 16.3. The van der Waals surface area contributed by atoms with Crippen LogP contribution in [0.5, 0.6) is 0 Å². The van der Waals surface area contributed by atoms with E-state index < -0.39 is 0 Å². The predicted octanol–water partition coefficient (Wildman–Crippen LogP) is 2.44. The molecule has 28 heavy (non-hydrogen) atoms. The highest BCUT2D eigenvalue weighted by molar-refractivity contribution is 14.0. The molecule has 2 rings (SSSR count). The Hall–Kier alpha value is -1.35. The minimum absolute atomic E-state index is 0. The monoisotopic (exact) mass is 501 g/mol. The maximum absolute atomic E-state index is 11.4.